The summed E-state index contributed by atoms with van der Waals surface area (Å²) in [4.78, 5) is 22.7. The van der Waals surface area contributed by atoms with Crippen LogP contribution in [0.4, 0.5) is 10.5 Å². The molecule has 0 saturated heterocycles. The van der Waals surface area contributed by atoms with Crippen LogP contribution in [-0.4, -0.2) is 23.7 Å². The average Bonchev–Trinajstić information content (AvgIpc) is 2.38. The molecule has 0 aliphatic carbocycles. The minimum Gasteiger partial charge on any atom is -0.478 e. The van der Waals surface area contributed by atoms with Gasteiger partial charge in [-0.3, -0.25) is 0 Å². The Morgan fingerprint density at radius 3 is 2.50 bits per heavy atom. The number of nitrogens with one attached hydrogen (secondary N) is 2. The summed E-state index contributed by atoms with van der Waals surface area (Å²) in [6, 6.07) is 4.13. The van der Waals surface area contributed by atoms with E-state index >= 15 is 0 Å². The monoisotopic (exact) mass is 342 g/mol. The lowest BCUT2D eigenvalue weighted by molar-refractivity contribution is 0.0697. The fourth-order valence-electron chi connectivity index (χ4n) is 1.41. The van der Waals surface area contributed by atoms with Crippen LogP contribution < -0.4 is 10.6 Å². The van der Waals surface area contributed by atoms with Gasteiger partial charge in [0.05, 0.1) is 11.3 Å². The highest BCUT2D eigenvalue weighted by Crippen LogP contribution is 2.23. The number of benzene rings is 1. The molecule has 1 atom stereocenters. The minimum absolute atomic E-state index is 0.124. The molecule has 1 aromatic rings. The van der Waals surface area contributed by atoms with Crippen molar-refractivity contribution in [2.45, 2.75) is 20.8 Å². The third kappa shape index (κ3) is 4.85. The van der Waals surface area contributed by atoms with Crippen molar-refractivity contribution in [1.82, 2.24) is 5.32 Å². The van der Waals surface area contributed by atoms with Crippen LogP contribution in [0.2, 0.25) is 0 Å². The SMILES string of the molecule is CC(C)C(C)CNC(=O)Nc1cc(C(=O)O)ccc1Br. The molecule has 0 bridgehead atoms. The normalized spacial score (nSPS) is 12.1. The van der Waals surface area contributed by atoms with Gasteiger partial charge >= 0.3 is 12.0 Å². The van der Waals surface area contributed by atoms with Crippen molar-refractivity contribution >= 4 is 33.6 Å². The van der Waals surface area contributed by atoms with Crippen LogP contribution in [0, 0.1) is 11.8 Å². The molecule has 1 aromatic carbocycles. The van der Waals surface area contributed by atoms with Crippen LogP contribution in [0.3, 0.4) is 0 Å². The molecule has 1 rings (SSSR count). The number of carboxylic acids is 1. The van der Waals surface area contributed by atoms with Crippen LogP contribution in [0.1, 0.15) is 31.1 Å². The summed E-state index contributed by atoms with van der Waals surface area (Å²) in [5.74, 6) is -0.179. The Morgan fingerprint density at radius 1 is 1.30 bits per heavy atom. The van der Waals surface area contributed by atoms with E-state index in [1.165, 1.54) is 12.1 Å². The van der Waals surface area contributed by atoms with Gasteiger partial charge in [-0.2, -0.15) is 0 Å². The van der Waals surface area contributed by atoms with E-state index in [0.717, 1.165) is 0 Å². The summed E-state index contributed by atoms with van der Waals surface area (Å²) in [6.45, 7) is 6.82. The number of aromatic carboxylic acids is 1. The summed E-state index contributed by atoms with van der Waals surface area (Å²) in [7, 11) is 0. The Balaban J connectivity index is 2.66. The van der Waals surface area contributed by atoms with E-state index in [9.17, 15) is 9.59 Å². The van der Waals surface area contributed by atoms with E-state index in [1.807, 2.05) is 0 Å². The van der Waals surface area contributed by atoms with Crippen molar-refractivity contribution in [3.8, 4) is 0 Å². The minimum atomic E-state index is -1.03. The maximum atomic E-state index is 11.8. The van der Waals surface area contributed by atoms with Crippen LogP contribution in [0.25, 0.3) is 0 Å². The van der Waals surface area contributed by atoms with Gasteiger partial charge < -0.3 is 15.7 Å². The molecule has 5 nitrogen and oxygen atoms in total. The van der Waals surface area contributed by atoms with Crippen molar-refractivity contribution in [3.05, 3.63) is 28.2 Å². The number of hydrogen-bond acceptors (Lipinski definition) is 2. The molecule has 1 unspecified atom stereocenters. The van der Waals surface area contributed by atoms with Gasteiger partial charge in [0.25, 0.3) is 0 Å². The summed E-state index contributed by atoms with van der Waals surface area (Å²) in [5, 5.41) is 14.3. The lowest BCUT2D eigenvalue weighted by atomic mass is 9.98. The number of halogens is 1. The van der Waals surface area contributed by atoms with Gasteiger partial charge in [0.15, 0.2) is 0 Å². The molecule has 2 amide bonds. The van der Waals surface area contributed by atoms with Crippen LogP contribution in [0.5, 0.6) is 0 Å². The highest BCUT2D eigenvalue weighted by molar-refractivity contribution is 9.10. The molecule has 0 saturated carbocycles. The van der Waals surface area contributed by atoms with Crippen molar-refractivity contribution in [1.29, 1.82) is 0 Å². The fraction of sp³-hybridized carbons (Fsp3) is 0.429. The molecule has 0 aliphatic heterocycles. The zero-order chi connectivity index (χ0) is 15.3. The van der Waals surface area contributed by atoms with E-state index in [-0.39, 0.29) is 11.6 Å². The Kier molecular flexibility index (Phi) is 6.01. The molecule has 0 spiro atoms. The number of amides is 2. The Labute approximate surface area is 126 Å². The second-order valence-corrected chi connectivity index (χ2v) is 5.91. The molecular formula is C14H19BrN2O3. The second kappa shape index (κ2) is 7.28. The summed E-state index contributed by atoms with van der Waals surface area (Å²) in [6.07, 6.45) is 0. The molecule has 6 heteroatoms. The van der Waals surface area contributed by atoms with Crippen molar-refractivity contribution in [3.63, 3.8) is 0 Å². The number of rotatable bonds is 5. The van der Waals surface area contributed by atoms with Crippen molar-refractivity contribution in [2.24, 2.45) is 11.8 Å². The lowest BCUT2D eigenvalue weighted by Gasteiger charge is -2.16. The predicted octanol–water partition coefficient (Wildman–Crippen LogP) is 3.56. The molecule has 0 radical (unpaired) electrons. The van der Waals surface area contributed by atoms with Gasteiger partial charge in [-0.15, -0.1) is 0 Å². The average molecular weight is 343 g/mol. The van der Waals surface area contributed by atoms with E-state index in [4.69, 9.17) is 5.11 Å². The third-order valence-corrected chi connectivity index (χ3v) is 3.88. The van der Waals surface area contributed by atoms with Gasteiger partial charge in [0.2, 0.25) is 0 Å². The molecule has 0 fully saturated rings. The highest BCUT2D eigenvalue weighted by Gasteiger charge is 2.11. The highest BCUT2D eigenvalue weighted by atomic mass is 79.9. The smallest absolute Gasteiger partial charge is 0.335 e. The Morgan fingerprint density at radius 2 is 1.95 bits per heavy atom. The van der Waals surface area contributed by atoms with Gasteiger partial charge in [0, 0.05) is 11.0 Å². The van der Waals surface area contributed by atoms with Crippen molar-refractivity contribution in [2.75, 3.05) is 11.9 Å². The number of anilines is 1. The maximum Gasteiger partial charge on any atom is 0.335 e. The molecule has 110 valence electrons. The van der Waals surface area contributed by atoms with Gasteiger partial charge in [-0.1, -0.05) is 20.8 Å². The van der Waals surface area contributed by atoms with Crippen LogP contribution in [0.15, 0.2) is 22.7 Å². The zero-order valence-electron chi connectivity index (χ0n) is 11.7. The first-order valence-electron chi connectivity index (χ1n) is 6.39. The summed E-state index contributed by atoms with van der Waals surface area (Å²) < 4.78 is 0.634. The number of carbonyl (C=O) groups is 2. The number of carbonyl (C=O) groups excluding carboxylic acids is 1. The maximum absolute atomic E-state index is 11.8. The Bertz CT molecular complexity index is 503. The first kappa shape index (κ1) is 16.5. The molecule has 0 aliphatic rings. The Hall–Kier alpha value is -1.56. The van der Waals surface area contributed by atoms with E-state index in [1.54, 1.807) is 6.07 Å². The molecule has 20 heavy (non-hydrogen) atoms. The molecular weight excluding hydrogens is 324 g/mol. The largest absolute Gasteiger partial charge is 0.478 e. The van der Waals surface area contributed by atoms with E-state index in [0.29, 0.717) is 28.5 Å². The molecule has 0 aromatic heterocycles. The standard InChI is InChI=1S/C14H19BrN2O3/c1-8(2)9(3)7-16-14(20)17-12-6-10(13(18)19)4-5-11(12)15/h4-6,8-9H,7H2,1-3H3,(H,18,19)(H2,16,17,20). The first-order valence-corrected chi connectivity index (χ1v) is 7.18. The number of urea groups is 1. The van der Waals surface area contributed by atoms with Crippen molar-refractivity contribution < 1.29 is 14.7 Å². The zero-order valence-corrected chi connectivity index (χ0v) is 13.3. The number of hydrogen-bond donors (Lipinski definition) is 3. The van der Waals surface area contributed by atoms with Gasteiger partial charge in [-0.25, -0.2) is 9.59 Å². The van der Waals surface area contributed by atoms with E-state index < -0.39 is 5.97 Å². The first-order chi connectivity index (χ1) is 9.31. The van der Waals surface area contributed by atoms with E-state index in [2.05, 4.69) is 47.3 Å². The van der Waals surface area contributed by atoms with Gasteiger partial charge in [0.1, 0.15) is 0 Å². The predicted molar refractivity (Wildman–Crippen MR) is 82.1 cm³/mol. The quantitative estimate of drug-likeness (QED) is 0.765. The van der Waals surface area contributed by atoms with Crippen LogP contribution >= 0.6 is 15.9 Å². The lowest BCUT2D eigenvalue weighted by Crippen LogP contribution is -2.33. The summed E-state index contributed by atoms with van der Waals surface area (Å²) in [5.41, 5.74) is 0.554. The van der Waals surface area contributed by atoms with Gasteiger partial charge in [-0.05, 0) is 46.0 Å². The second-order valence-electron chi connectivity index (χ2n) is 5.06. The summed E-state index contributed by atoms with van der Waals surface area (Å²) >= 11 is 3.28. The molecule has 3 N–H and O–H groups in total. The van der Waals surface area contributed by atoms with Crippen LogP contribution in [-0.2, 0) is 0 Å². The fourth-order valence-corrected chi connectivity index (χ4v) is 1.76. The topological polar surface area (TPSA) is 78.4 Å². The third-order valence-electron chi connectivity index (χ3n) is 3.18. The number of carboxylic acid groups (broad SMARTS) is 1. The molecule has 0 heterocycles.